The predicted octanol–water partition coefficient (Wildman–Crippen LogP) is 4.70. The van der Waals surface area contributed by atoms with E-state index in [0.717, 1.165) is 28.2 Å². The largest absolute Gasteiger partial charge is 0.380 e. The Morgan fingerprint density at radius 3 is 2.77 bits per heavy atom. The molecule has 2 aromatic rings. The fraction of sp³-hybridized carbons (Fsp3) is 0.375. The van der Waals surface area contributed by atoms with Crippen LogP contribution in [0, 0.1) is 12.8 Å². The van der Waals surface area contributed by atoms with E-state index in [1.165, 1.54) is 11.3 Å². The zero-order valence-electron chi connectivity index (χ0n) is 12.9. The van der Waals surface area contributed by atoms with Crippen molar-refractivity contribution in [3.8, 4) is 0 Å². The quantitative estimate of drug-likeness (QED) is 0.803. The van der Waals surface area contributed by atoms with E-state index in [2.05, 4.69) is 15.6 Å². The van der Waals surface area contributed by atoms with Gasteiger partial charge in [-0.3, -0.25) is 4.79 Å². The molecule has 0 aliphatic heterocycles. The molecule has 2 rings (SSSR count). The monoisotopic (exact) mass is 337 g/mol. The Balaban J connectivity index is 2.06. The lowest BCUT2D eigenvalue weighted by atomic mass is 10.1. The van der Waals surface area contributed by atoms with Gasteiger partial charge in [0.05, 0.1) is 6.54 Å². The van der Waals surface area contributed by atoms with Crippen LogP contribution in [0.15, 0.2) is 24.4 Å². The SMILES string of the molecule is CCC(C)C(=O)Nc1cccc(NCc2cnc(Cl)s2)c1C. The molecule has 118 valence electrons. The topological polar surface area (TPSA) is 54.0 Å². The average molecular weight is 338 g/mol. The van der Waals surface area contributed by atoms with E-state index >= 15 is 0 Å². The molecule has 0 bridgehead atoms. The zero-order chi connectivity index (χ0) is 16.1. The number of hydrogen-bond acceptors (Lipinski definition) is 4. The van der Waals surface area contributed by atoms with Crippen LogP contribution in [-0.4, -0.2) is 10.9 Å². The molecule has 1 amide bonds. The van der Waals surface area contributed by atoms with E-state index in [1.54, 1.807) is 6.20 Å². The Morgan fingerprint density at radius 2 is 2.14 bits per heavy atom. The van der Waals surface area contributed by atoms with Gasteiger partial charge in [0.25, 0.3) is 0 Å². The Kier molecular flexibility index (Phi) is 5.80. The second-order valence-corrected chi connectivity index (χ2v) is 6.91. The van der Waals surface area contributed by atoms with Crippen molar-refractivity contribution in [1.82, 2.24) is 4.98 Å². The highest BCUT2D eigenvalue weighted by molar-refractivity contribution is 7.15. The molecule has 0 spiro atoms. The molecule has 1 heterocycles. The van der Waals surface area contributed by atoms with E-state index in [0.29, 0.717) is 11.0 Å². The molecular weight excluding hydrogens is 318 g/mol. The van der Waals surface area contributed by atoms with Crippen molar-refractivity contribution in [3.63, 3.8) is 0 Å². The van der Waals surface area contributed by atoms with Gasteiger partial charge in [0.15, 0.2) is 4.47 Å². The lowest BCUT2D eigenvalue weighted by Gasteiger charge is -2.15. The Hall–Kier alpha value is -1.59. The Morgan fingerprint density at radius 1 is 1.41 bits per heavy atom. The number of thiazole rings is 1. The summed E-state index contributed by atoms with van der Waals surface area (Å²) in [6.07, 6.45) is 2.60. The number of benzene rings is 1. The fourth-order valence-corrected chi connectivity index (χ4v) is 2.87. The normalized spacial score (nSPS) is 12.0. The minimum atomic E-state index is 0.00958. The van der Waals surface area contributed by atoms with Gasteiger partial charge in [-0.2, -0.15) is 0 Å². The van der Waals surface area contributed by atoms with E-state index in [-0.39, 0.29) is 11.8 Å². The summed E-state index contributed by atoms with van der Waals surface area (Å²) in [7, 11) is 0. The molecule has 1 aromatic heterocycles. The third-order valence-electron chi connectivity index (χ3n) is 3.63. The molecule has 0 saturated carbocycles. The van der Waals surface area contributed by atoms with Crippen LogP contribution >= 0.6 is 22.9 Å². The molecule has 0 aliphatic carbocycles. The first-order valence-electron chi connectivity index (χ1n) is 7.25. The molecular formula is C16H20ClN3OS. The molecule has 22 heavy (non-hydrogen) atoms. The van der Waals surface area contributed by atoms with E-state index in [1.807, 2.05) is 39.0 Å². The first kappa shape index (κ1) is 16.8. The van der Waals surface area contributed by atoms with Gasteiger partial charge in [0.2, 0.25) is 5.91 Å². The predicted molar refractivity (Wildman–Crippen MR) is 93.7 cm³/mol. The zero-order valence-corrected chi connectivity index (χ0v) is 14.5. The van der Waals surface area contributed by atoms with Gasteiger partial charge in [-0.05, 0) is 31.0 Å². The number of carbonyl (C=O) groups is 1. The molecule has 4 nitrogen and oxygen atoms in total. The number of nitrogens with one attached hydrogen (secondary N) is 2. The van der Waals surface area contributed by atoms with Crippen molar-refractivity contribution in [3.05, 3.63) is 39.3 Å². The van der Waals surface area contributed by atoms with Gasteiger partial charge in [0, 0.05) is 28.4 Å². The Labute approximate surface area is 139 Å². The summed E-state index contributed by atoms with van der Waals surface area (Å²) < 4.78 is 0.545. The summed E-state index contributed by atoms with van der Waals surface area (Å²) in [5.41, 5.74) is 2.86. The molecule has 6 heteroatoms. The molecule has 0 fully saturated rings. The van der Waals surface area contributed by atoms with E-state index in [4.69, 9.17) is 11.6 Å². The van der Waals surface area contributed by atoms with Crippen LogP contribution in [0.25, 0.3) is 0 Å². The van der Waals surface area contributed by atoms with Crippen LogP contribution in [0.3, 0.4) is 0 Å². The second-order valence-electron chi connectivity index (χ2n) is 5.21. The number of rotatable bonds is 6. The van der Waals surface area contributed by atoms with Gasteiger partial charge < -0.3 is 10.6 Å². The summed E-state index contributed by atoms with van der Waals surface area (Å²) in [5, 5.41) is 6.35. The maximum Gasteiger partial charge on any atom is 0.227 e. The van der Waals surface area contributed by atoms with Crippen LogP contribution in [0.5, 0.6) is 0 Å². The van der Waals surface area contributed by atoms with Crippen molar-refractivity contribution < 1.29 is 4.79 Å². The molecule has 2 N–H and O–H groups in total. The molecule has 1 unspecified atom stereocenters. The lowest BCUT2D eigenvalue weighted by molar-refractivity contribution is -0.119. The standard InChI is InChI=1S/C16H20ClN3OS/c1-4-10(2)15(21)20-14-7-5-6-13(11(14)3)18-8-12-9-19-16(17)22-12/h5-7,9-10,18H,4,8H2,1-3H3,(H,20,21). The third-order valence-corrected chi connectivity index (χ3v) is 4.74. The van der Waals surface area contributed by atoms with Crippen molar-refractivity contribution in [2.24, 2.45) is 5.92 Å². The number of nitrogens with zero attached hydrogens (tertiary/aromatic N) is 1. The molecule has 0 saturated heterocycles. The number of aromatic nitrogens is 1. The first-order valence-corrected chi connectivity index (χ1v) is 8.45. The van der Waals surface area contributed by atoms with Gasteiger partial charge >= 0.3 is 0 Å². The molecule has 1 aromatic carbocycles. The number of halogens is 1. The van der Waals surface area contributed by atoms with Gasteiger partial charge in [-0.25, -0.2) is 4.98 Å². The van der Waals surface area contributed by atoms with Gasteiger partial charge in [0.1, 0.15) is 0 Å². The summed E-state index contributed by atoms with van der Waals surface area (Å²) >= 11 is 7.29. The number of hydrogen-bond donors (Lipinski definition) is 2. The van der Waals surface area contributed by atoms with Gasteiger partial charge in [-0.15, -0.1) is 11.3 Å². The fourth-order valence-electron chi connectivity index (χ4n) is 1.95. The van der Waals surface area contributed by atoms with Crippen molar-refractivity contribution in [1.29, 1.82) is 0 Å². The minimum Gasteiger partial charge on any atom is -0.380 e. The highest BCUT2D eigenvalue weighted by Crippen LogP contribution is 2.25. The molecule has 0 aliphatic rings. The first-order chi connectivity index (χ1) is 10.5. The van der Waals surface area contributed by atoms with E-state index < -0.39 is 0 Å². The van der Waals surface area contributed by atoms with Crippen LogP contribution in [0.4, 0.5) is 11.4 Å². The minimum absolute atomic E-state index is 0.00958. The molecule has 0 radical (unpaired) electrons. The van der Waals surface area contributed by atoms with Crippen LogP contribution < -0.4 is 10.6 Å². The van der Waals surface area contributed by atoms with Crippen LogP contribution in [0.1, 0.15) is 30.7 Å². The highest BCUT2D eigenvalue weighted by atomic mass is 35.5. The Bertz CT molecular complexity index is 657. The summed E-state index contributed by atoms with van der Waals surface area (Å²) in [6.45, 7) is 6.60. The summed E-state index contributed by atoms with van der Waals surface area (Å²) in [5.74, 6) is 0.0624. The molecule has 1 atom stereocenters. The van der Waals surface area contributed by atoms with Crippen molar-refractivity contribution >= 4 is 40.2 Å². The highest BCUT2D eigenvalue weighted by Gasteiger charge is 2.13. The number of carbonyl (C=O) groups excluding carboxylic acids is 1. The van der Waals surface area contributed by atoms with Gasteiger partial charge in [-0.1, -0.05) is 31.5 Å². The van der Waals surface area contributed by atoms with E-state index in [9.17, 15) is 4.79 Å². The second kappa shape index (κ2) is 7.61. The lowest BCUT2D eigenvalue weighted by Crippen LogP contribution is -2.20. The van der Waals surface area contributed by atoms with Crippen molar-refractivity contribution in [2.75, 3.05) is 10.6 Å². The van der Waals surface area contributed by atoms with Crippen LogP contribution in [-0.2, 0) is 11.3 Å². The maximum atomic E-state index is 12.0. The summed E-state index contributed by atoms with van der Waals surface area (Å²) in [4.78, 5) is 17.1. The van der Waals surface area contributed by atoms with Crippen LogP contribution in [0.2, 0.25) is 4.47 Å². The third kappa shape index (κ3) is 4.21. The average Bonchev–Trinajstić information content (AvgIpc) is 2.92. The number of amides is 1. The van der Waals surface area contributed by atoms with Crippen molar-refractivity contribution in [2.45, 2.75) is 33.7 Å². The maximum absolute atomic E-state index is 12.0. The summed E-state index contributed by atoms with van der Waals surface area (Å²) in [6, 6.07) is 5.85. The smallest absolute Gasteiger partial charge is 0.227 e. The number of anilines is 2.